The second kappa shape index (κ2) is 10.9. The van der Waals surface area contributed by atoms with Crippen LogP contribution in [0.5, 0.6) is 0 Å². The summed E-state index contributed by atoms with van der Waals surface area (Å²) in [4.78, 5) is 7.06. The summed E-state index contributed by atoms with van der Waals surface area (Å²) >= 11 is 0. The van der Waals surface area contributed by atoms with E-state index >= 15 is 0 Å². The van der Waals surface area contributed by atoms with E-state index in [1.54, 1.807) is 12.3 Å². The topological polar surface area (TPSA) is 52.0 Å². The zero-order valence-electron chi connectivity index (χ0n) is 20.2. The van der Waals surface area contributed by atoms with Gasteiger partial charge in [-0.05, 0) is 92.0 Å². The molecule has 180 valence electrons. The molecule has 35 heavy (non-hydrogen) atoms. The number of anilines is 2. The normalized spacial score (nSPS) is 22.4. The Kier molecular flexibility index (Phi) is 7.28. The predicted octanol–water partition coefficient (Wildman–Crippen LogP) is 7.04. The van der Waals surface area contributed by atoms with Crippen molar-refractivity contribution in [3.8, 4) is 17.2 Å². The van der Waals surface area contributed by atoms with E-state index in [1.165, 1.54) is 50.3 Å². The molecule has 2 heterocycles. The summed E-state index contributed by atoms with van der Waals surface area (Å²) in [5.74, 6) is 1.92. The predicted molar refractivity (Wildman–Crippen MR) is 140 cm³/mol. The number of nitrogens with zero attached hydrogens (tertiary/aromatic N) is 3. The first kappa shape index (κ1) is 23.4. The van der Waals surface area contributed by atoms with Gasteiger partial charge in [0.1, 0.15) is 11.6 Å². The highest BCUT2D eigenvalue weighted by Crippen LogP contribution is 2.35. The highest BCUT2D eigenvalue weighted by atomic mass is 19.1. The molecule has 1 saturated heterocycles. The van der Waals surface area contributed by atoms with Gasteiger partial charge in [-0.25, -0.2) is 9.37 Å². The molecule has 3 atom stereocenters. The highest BCUT2D eigenvalue weighted by Gasteiger charge is 2.30. The lowest BCUT2D eigenvalue weighted by Gasteiger charge is -2.39. The van der Waals surface area contributed by atoms with Crippen LogP contribution in [0.2, 0.25) is 0 Å². The zero-order chi connectivity index (χ0) is 24.0. The van der Waals surface area contributed by atoms with E-state index in [0.717, 1.165) is 30.9 Å². The van der Waals surface area contributed by atoms with Gasteiger partial charge < -0.3 is 10.2 Å². The Hall–Kier alpha value is -3.39. The molecule has 5 heteroatoms. The van der Waals surface area contributed by atoms with Gasteiger partial charge in [0.25, 0.3) is 0 Å². The third kappa shape index (κ3) is 5.65. The van der Waals surface area contributed by atoms with Crippen molar-refractivity contribution in [3.05, 3.63) is 78.2 Å². The van der Waals surface area contributed by atoms with Crippen molar-refractivity contribution in [2.24, 2.45) is 11.8 Å². The quantitative estimate of drug-likeness (QED) is 0.422. The first-order chi connectivity index (χ1) is 17.2. The standard InChI is InChI=1S/C30H33FN4/c31-28-9-3-2-8-27(28)24-15-16-33-30(19-24)34-29-10-4-1-7-25(29)18-23-6-5-17-35(21-23)26-13-11-22(20-32)12-14-26/h2-3,8-9,11-16,19,23,25,29H,1,4-7,10,17-18,21H2,(H,33,34)/t23-,25+,29-/m1/s1. The SMILES string of the molecule is N#Cc1ccc(N2CCC[C@H](C[C@@H]3CCCC[C@H]3Nc3cc(-c4ccccc4F)ccn3)C2)cc1. The van der Waals surface area contributed by atoms with Crippen LogP contribution in [0, 0.1) is 29.0 Å². The van der Waals surface area contributed by atoms with Crippen molar-refractivity contribution in [1.82, 2.24) is 4.98 Å². The van der Waals surface area contributed by atoms with E-state index in [0.29, 0.717) is 29.0 Å². The van der Waals surface area contributed by atoms with Gasteiger partial charge in [-0.3, -0.25) is 0 Å². The molecule has 1 aliphatic carbocycles. The van der Waals surface area contributed by atoms with Crippen molar-refractivity contribution in [3.63, 3.8) is 0 Å². The summed E-state index contributed by atoms with van der Waals surface area (Å²) in [5.41, 5.74) is 3.41. The Morgan fingerprint density at radius 2 is 1.83 bits per heavy atom. The minimum atomic E-state index is -0.204. The first-order valence-electron chi connectivity index (χ1n) is 12.9. The number of pyridine rings is 1. The Morgan fingerprint density at radius 1 is 1.00 bits per heavy atom. The van der Waals surface area contributed by atoms with E-state index in [9.17, 15) is 4.39 Å². The molecule has 4 nitrogen and oxygen atoms in total. The molecule has 5 rings (SSSR count). The van der Waals surface area contributed by atoms with Crippen molar-refractivity contribution in [2.45, 2.75) is 51.0 Å². The summed E-state index contributed by atoms with van der Waals surface area (Å²) in [6.07, 6.45) is 10.4. The second-order valence-electron chi connectivity index (χ2n) is 10.1. The molecule has 1 aromatic heterocycles. The van der Waals surface area contributed by atoms with Gasteiger partial charge in [0.05, 0.1) is 11.6 Å². The van der Waals surface area contributed by atoms with Crippen LogP contribution in [0.3, 0.4) is 0 Å². The first-order valence-corrected chi connectivity index (χ1v) is 12.9. The Balaban J connectivity index is 1.25. The summed E-state index contributed by atoms with van der Waals surface area (Å²) in [6.45, 7) is 2.16. The van der Waals surface area contributed by atoms with Crippen molar-refractivity contribution in [1.29, 1.82) is 5.26 Å². The van der Waals surface area contributed by atoms with Crippen LogP contribution in [0.1, 0.15) is 50.5 Å². The zero-order valence-corrected chi connectivity index (χ0v) is 20.2. The number of rotatable bonds is 6. The maximum atomic E-state index is 14.3. The lowest BCUT2D eigenvalue weighted by Crippen LogP contribution is -2.39. The average molecular weight is 469 g/mol. The van der Waals surface area contributed by atoms with Crippen molar-refractivity contribution < 1.29 is 4.39 Å². The van der Waals surface area contributed by atoms with Crippen molar-refractivity contribution >= 4 is 11.5 Å². The molecule has 0 radical (unpaired) electrons. The number of benzene rings is 2. The Bertz CT molecular complexity index is 1170. The molecule has 1 aliphatic heterocycles. The third-order valence-corrected chi connectivity index (χ3v) is 7.70. The lowest BCUT2D eigenvalue weighted by atomic mass is 9.77. The molecule has 2 aromatic carbocycles. The van der Waals surface area contributed by atoms with Gasteiger partial charge in [0, 0.05) is 36.6 Å². The van der Waals surface area contributed by atoms with E-state index in [-0.39, 0.29) is 5.82 Å². The van der Waals surface area contributed by atoms with E-state index in [4.69, 9.17) is 5.26 Å². The molecular formula is C30H33FN4. The monoisotopic (exact) mass is 468 g/mol. The van der Waals surface area contributed by atoms with Crippen LogP contribution in [0.4, 0.5) is 15.9 Å². The molecular weight excluding hydrogens is 435 g/mol. The van der Waals surface area contributed by atoms with Crippen LogP contribution < -0.4 is 10.2 Å². The number of nitrogens with one attached hydrogen (secondary N) is 1. The lowest BCUT2D eigenvalue weighted by molar-refractivity contribution is 0.247. The van der Waals surface area contributed by atoms with Crippen LogP contribution in [0.15, 0.2) is 66.9 Å². The van der Waals surface area contributed by atoms with Gasteiger partial charge >= 0.3 is 0 Å². The van der Waals surface area contributed by atoms with E-state index in [1.807, 2.05) is 36.4 Å². The fraction of sp³-hybridized carbons (Fsp3) is 0.400. The molecule has 2 aliphatic rings. The molecule has 2 fully saturated rings. The molecule has 0 unspecified atom stereocenters. The van der Waals surface area contributed by atoms with Crippen LogP contribution in [0.25, 0.3) is 11.1 Å². The fourth-order valence-corrected chi connectivity index (χ4v) is 5.91. The third-order valence-electron chi connectivity index (χ3n) is 7.70. The Labute approximate surface area is 207 Å². The fourth-order valence-electron chi connectivity index (χ4n) is 5.91. The van der Waals surface area contributed by atoms with Gasteiger partial charge in [-0.1, -0.05) is 31.0 Å². The minimum Gasteiger partial charge on any atom is -0.371 e. The summed E-state index contributed by atoms with van der Waals surface area (Å²) in [6, 6.07) is 21.4. The number of aromatic nitrogens is 1. The maximum absolute atomic E-state index is 14.3. The second-order valence-corrected chi connectivity index (χ2v) is 10.1. The van der Waals surface area contributed by atoms with E-state index < -0.39 is 0 Å². The molecule has 1 N–H and O–H groups in total. The smallest absolute Gasteiger partial charge is 0.131 e. The van der Waals surface area contributed by atoms with Gasteiger partial charge in [-0.2, -0.15) is 5.26 Å². The van der Waals surface area contributed by atoms with Crippen molar-refractivity contribution in [2.75, 3.05) is 23.3 Å². The number of piperidine rings is 1. The van der Waals surface area contributed by atoms with Crippen LogP contribution in [-0.2, 0) is 0 Å². The van der Waals surface area contributed by atoms with Gasteiger partial charge in [0.15, 0.2) is 0 Å². The Morgan fingerprint density at radius 3 is 2.66 bits per heavy atom. The number of halogens is 1. The van der Waals surface area contributed by atoms with Gasteiger partial charge in [-0.15, -0.1) is 0 Å². The number of hydrogen-bond donors (Lipinski definition) is 1. The summed E-state index contributed by atoms with van der Waals surface area (Å²) in [5, 5.41) is 12.8. The van der Waals surface area contributed by atoms with Crippen LogP contribution in [-0.4, -0.2) is 24.1 Å². The molecule has 3 aromatic rings. The minimum absolute atomic E-state index is 0.204. The molecule has 0 spiro atoms. The summed E-state index contributed by atoms with van der Waals surface area (Å²) in [7, 11) is 0. The molecule has 0 amide bonds. The number of hydrogen-bond acceptors (Lipinski definition) is 4. The van der Waals surface area contributed by atoms with Gasteiger partial charge in [0.2, 0.25) is 0 Å². The highest BCUT2D eigenvalue weighted by molar-refractivity contribution is 5.66. The molecule has 1 saturated carbocycles. The largest absolute Gasteiger partial charge is 0.371 e. The number of nitriles is 1. The molecule has 0 bridgehead atoms. The average Bonchev–Trinajstić information content (AvgIpc) is 2.90. The van der Waals surface area contributed by atoms with E-state index in [2.05, 4.69) is 33.4 Å². The van der Waals surface area contributed by atoms with Crippen LogP contribution >= 0.6 is 0 Å². The maximum Gasteiger partial charge on any atom is 0.131 e. The summed E-state index contributed by atoms with van der Waals surface area (Å²) < 4.78 is 14.3.